The SMILES string of the molecule is COCc1cccc(OCc2ccnc(N)c2)c1. The van der Waals surface area contributed by atoms with Crippen LogP contribution in [0, 0.1) is 0 Å². The Balaban J connectivity index is 1.99. The number of nitrogens with two attached hydrogens (primary N) is 1. The summed E-state index contributed by atoms with van der Waals surface area (Å²) in [6.07, 6.45) is 1.68. The number of nitrogens with zero attached hydrogens (tertiary/aromatic N) is 1. The molecule has 0 aliphatic carbocycles. The van der Waals surface area contributed by atoms with Gasteiger partial charge in [0, 0.05) is 13.3 Å². The van der Waals surface area contributed by atoms with Gasteiger partial charge in [0.2, 0.25) is 0 Å². The molecule has 0 aliphatic rings. The highest BCUT2D eigenvalue weighted by atomic mass is 16.5. The standard InChI is InChI=1S/C14H16N2O2/c1-17-9-11-3-2-4-13(7-11)18-10-12-5-6-16-14(15)8-12/h2-8H,9-10H2,1H3,(H2,15,16). The summed E-state index contributed by atoms with van der Waals surface area (Å²) in [6, 6.07) is 11.5. The van der Waals surface area contributed by atoms with Crippen molar-refractivity contribution in [2.45, 2.75) is 13.2 Å². The molecule has 0 atom stereocenters. The van der Waals surface area contributed by atoms with Crippen LogP contribution in [0.5, 0.6) is 5.75 Å². The summed E-state index contributed by atoms with van der Waals surface area (Å²) < 4.78 is 10.8. The van der Waals surface area contributed by atoms with E-state index in [1.807, 2.05) is 30.3 Å². The topological polar surface area (TPSA) is 57.4 Å². The van der Waals surface area contributed by atoms with Crippen LogP contribution in [0.3, 0.4) is 0 Å². The monoisotopic (exact) mass is 244 g/mol. The molecule has 4 heteroatoms. The number of anilines is 1. The largest absolute Gasteiger partial charge is 0.489 e. The molecule has 0 fully saturated rings. The normalized spacial score (nSPS) is 10.3. The summed E-state index contributed by atoms with van der Waals surface area (Å²) in [5.74, 6) is 1.32. The maximum atomic E-state index is 5.70. The summed E-state index contributed by atoms with van der Waals surface area (Å²) in [5, 5.41) is 0. The van der Waals surface area contributed by atoms with Gasteiger partial charge in [-0.05, 0) is 35.4 Å². The van der Waals surface area contributed by atoms with Crippen molar-refractivity contribution in [1.82, 2.24) is 4.98 Å². The molecule has 1 aromatic carbocycles. The Hall–Kier alpha value is -2.07. The van der Waals surface area contributed by atoms with E-state index in [0.29, 0.717) is 19.0 Å². The van der Waals surface area contributed by atoms with E-state index in [1.54, 1.807) is 19.4 Å². The summed E-state index contributed by atoms with van der Waals surface area (Å²) in [4.78, 5) is 3.94. The molecule has 2 rings (SSSR count). The van der Waals surface area contributed by atoms with E-state index in [2.05, 4.69) is 4.98 Å². The fourth-order valence-electron chi connectivity index (χ4n) is 1.64. The van der Waals surface area contributed by atoms with Crippen molar-refractivity contribution in [2.75, 3.05) is 12.8 Å². The number of hydrogen-bond acceptors (Lipinski definition) is 4. The van der Waals surface area contributed by atoms with Crippen molar-refractivity contribution in [1.29, 1.82) is 0 Å². The van der Waals surface area contributed by atoms with E-state index in [4.69, 9.17) is 15.2 Å². The average molecular weight is 244 g/mol. The van der Waals surface area contributed by atoms with Gasteiger partial charge in [0.05, 0.1) is 6.61 Å². The predicted octanol–water partition coefficient (Wildman–Crippen LogP) is 2.39. The van der Waals surface area contributed by atoms with Gasteiger partial charge in [-0.15, -0.1) is 0 Å². The number of pyridine rings is 1. The smallest absolute Gasteiger partial charge is 0.123 e. The van der Waals surface area contributed by atoms with E-state index in [0.717, 1.165) is 16.9 Å². The summed E-state index contributed by atoms with van der Waals surface area (Å²) in [6.45, 7) is 1.06. The van der Waals surface area contributed by atoms with Gasteiger partial charge < -0.3 is 15.2 Å². The van der Waals surface area contributed by atoms with E-state index in [-0.39, 0.29) is 0 Å². The molecule has 2 N–H and O–H groups in total. The van der Waals surface area contributed by atoms with Crippen LogP contribution in [0.2, 0.25) is 0 Å². The molecule has 0 aliphatic heterocycles. The molecule has 1 aromatic heterocycles. The Labute approximate surface area is 106 Å². The van der Waals surface area contributed by atoms with Crippen LogP contribution in [-0.2, 0) is 18.0 Å². The minimum atomic E-state index is 0.475. The Morgan fingerprint density at radius 3 is 2.72 bits per heavy atom. The van der Waals surface area contributed by atoms with Gasteiger partial charge in [0.15, 0.2) is 0 Å². The first kappa shape index (κ1) is 12.4. The molecule has 18 heavy (non-hydrogen) atoms. The molecule has 0 radical (unpaired) electrons. The van der Waals surface area contributed by atoms with Crippen molar-refractivity contribution < 1.29 is 9.47 Å². The molecule has 4 nitrogen and oxygen atoms in total. The second kappa shape index (κ2) is 6.02. The Morgan fingerprint density at radius 2 is 1.94 bits per heavy atom. The number of hydrogen-bond donors (Lipinski definition) is 1. The number of benzene rings is 1. The van der Waals surface area contributed by atoms with E-state index >= 15 is 0 Å². The highest BCUT2D eigenvalue weighted by Crippen LogP contribution is 2.16. The predicted molar refractivity (Wildman–Crippen MR) is 70.1 cm³/mol. The Morgan fingerprint density at radius 1 is 1.11 bits per heavy atom. The number of rotatable bonds is 5. The lowest BCUT2D eigenvalue weighted by atomic mass is 10.2. The zero-order valence-corrected chi connectivity index (χ0v) is 10.3. The first-order valence-electron chi connectivity index (χ1n) is 5.69. The molecule has 0 amide bonds. The van der Waals surface area contributed by atoms with Crippen LogP contribution in [0.4, 0.5) is 5.82 Å². The van der Waals surface area contributed by atoms with Crippen molar-refractivity contribution >= 4 is 5.82 Å². The van der Waals surface area contributed by atoms with Gasteiger partial charge in [-0.25, -0.2) is 4.98 Å². The number of methoxy groups -OCH3 is 1. The third-order valence-corrected chi connectivity index (χ3v) is 2.46. The fraction of sp³-hybridized carbons (Fsp3) is 0.214. The van der Waals surface area contributed by atoms with E-state index in [1.165, 1.54) is 0 Å². The number of ether oxygens (including phenoxy) is 2. The highest BCUT2D eigenvalue weighted by Gasteiger charge is 1.99. The van der Waals surface area contributed by atoms with Crippen LogP contribution in [-0.4, -0.2) is 12.1 Å². The second-order valence-corrected chi connectivity index (χ2v) is 3.96. The van der Waals surface area contributed by atoms with Gasteiger partial charge >= 0.3 is 0 Å². The quantitative estimate of drug-likeness (QED) is 0.877. The third kappa shape index (κ3) is 3.46. The molecular formula is C14H16N2O2. The Kier molecular flexibility index (Phi) is 4.15. The van der Waals surface area contributed by atoms with E-state index in [9.17, 15) is 0 Å². The minimum Gasteiger partial charge on any atom is -0.489 e. The molecule has 0 saturated carbocycles. The maximum absolute atomic E-state index is 5.70. The van der Waals surface area contributed by atoms with Gasteiger partial charge in [-0.1, -0.05) is 12.1 Å². The molecule has 0 spiro atoms. The van der Waals surface area contributed by atoms with Gasteiger partial charge in [-0.3, -0.25) is 0 Å². The van der Waals surface area contributed by atoms with Crippen LogP contribution in [0.25, 0.3) is 0 Å². The maximum Gasteiger partial charge on any atom is 0.123 e. The van der Waals surface area contributed by atoms with Crippen molar-refractivity contribution in [3.63, 3.8) is 0 Å². The molecule has 0 saturated heterocycles. The lowest BCUT2D eigenvalue weighted by Crippen LogP contribution is -1.98. The highest BCUT2D eigenvalue weighted by molar-refractivity contribution is 5.32. The second-order valence-electron chi connectivity index (χ2n) is 3.96. The summed E-state index contributed by atoms with van der Waals surface area (Å²) >= 11 is 0. The third-order valence-electron chi connectivity index (χ3n) is 2.46. The van der Waals surface area contributed by atoms with Crippen molar-refractivity contribution in [2.24, 2.45) is 0 Å². The molecule has 0 bridgehead atoms. The zero-order chi connectivity index (χ0) is 12.8. The first-order valence-corrected chi connectivity index (χ1v) is 5.69. The van der Waals surface area contributed by atoms with Crippen LogP contribution < -0.4 is 10.5 Å². The van der Waals surface area contributed by atoms with Gasteiger partial charge in [-0.2, -0.15) is 0 Å². The van der Waals surface area contributed by atoms with Crippen LogP contribution in [0.1, 0.15) is 11.1 Å². The van der Waals surface area contributed by atoms with Crippen LogP contribution >= 0.6 is 0 Å². The van der Waals surface area contributed by atoms with E-state index < -0.39 is 0 Å². The molecule has 0 unspecified atom stereocenters. The fourth-order valence-corrected chi connectivity index (χ4v) is 1.64. The lowest BCUT2D eigenvalue weighted by Gasteiger charge is -2.08. The first-order chi connectivity index (χ1) is 8.78. The van der Waals surface area contributed by atoms with Gasteiger partial charge in [0.25, 0.3) is 0 Å². The van der Waals surface area contributed by atoms with Crippen molar-refractivity contribution in [3.8, 4) is 5.75 Å². The number of nitrogen functional groups attached to an aromatic ring is 1. The molecular weight excluding hydrogens is 228 g/mol. The molecule has 1 heterocycles. The average Bonchev–Trinajstić information content (AvgIpc) is 2.37. The lowest BCUT2D eigenvalue weighted by molar-refractivity contribution is 0.184. The number of aromatic nitrogens is 1. The summed E-state index contributed by atoms with van der Waals surface area (Å²) in [7, 11) is 1.67. The minimum absolute atomic E-state index is 0.475. The Bertz CT molecular complexity index is 515. The zero-order valence-electron chi connectivity index (χ0n) is 10.3. The van der Waals surface area contributed by atoms with Crippen molar-refractivity contribution in [3.05, 3.63) is 53.7 Å². The van der Waals surface area contributed by atoms with Gasteiger partial charge in [0.1, 0.15) is 18.2 Å². The summed E-state index contributed by atoms with van der Waals surface area (Å²) in [5.41, 5.74) is 7.69. The molecule has 2 aromatic rings. The van der Waals surface area contributed by atoms with Crippen LogP contribution in [0.15, 0.2) is 42.6 Å². The molecule has 94 valence electrons.